The van der Waals surface area contributed by atoms with E-state index in [1.807, 2.05) is 0 Å². The highest BCUT2D eigenvalue weighted by atomic mass is 19.1. The average Bonchev–Trinajstić information content (AvgIpc) is 2.91. The number of hydrogen-bond donors (Lipinski definition) is 1. The summed E-state index contributed by atoms with van der Waals surface area (Å²) in [5, 5.41) is 10.5. The minimum Gasteiger partial charge on any atom is -0.503 e. The summed E-state index contributed by atoms with van der Waals surface area (Å²) in [5.41, 5.74) is 0.932. The van der Waals surface area contributed by atoms with Crippen LogP contribution in [0.5, 0.6) is 0 Å². The number of carbonyl (C=O) groups is 2. The van der Waals surface area contributed by atoms with E-state index in [0.29, 0.717) is 12.0 Å². The minimum atomic E-state index is -0.748. The zero-order chi connectivity index (χ0) is 20.5. The van der Waals surface area contributed by atoms with E-state index < -0.39 is 23.1 Å². The van der Waals surface area contributed by atoms with Gasteiger partial charge in [0.05, 0.1) is 11.6 Å². The summed E-state index contributed by atoms with van der Waals surface area (Å²) in [6, 6.07) is 8.84. The van der Waals surface area contributed by atoms with Gasteiger partial charge in [0.25, 0.3) is 5.91 Å². The van der Waals surface area contributed by atoms with E-state index in [1.165, 1.54) is 17.0 Å². The number of aliphatic hydroxyl groups excluding tert-OH is 1. The van der Waals surface area contributed by atoms with E-state index in [1.54, 1.807) is 57.4 Å². The second kappa shape index (κ2) is 7.54. The predicted octanol–water partition coefficient (Wildman–Crippen LogP) is 3.77. The average molecular weight is 382 g/mol. The zero-order valence-corrected chi connectivity index (χ0v) is 16.1. The summed E-state index contributed by atoms with van der Waals surface area (Å²) in [5.74, 6) is -1.67. The number of ketones is 1. The molecule has 1 aliphatic rings. The van der Waals surface area contributed by atoms with E-state index in [9.17, 15) is 19.1 Å². The number of aliphatic hydroxyl groups is 1. The van der Waals surface area contributed by atoms with Gasteiger partial charge in [0.1, 0.15) is 5.82 Å². The van der Waals surface area contributed by atoms with Crippen molar-refractivity contribution in [2.24, 2.45) is 5.41 Å². The van der Waals surface area contributed by atoms with Crippen molar-refractivity contribution in [2.45, 2.75) is 33.2 Å². The summed E-state index contributed by atoms with van der Waals surface area (Å²) in [4.78, 5) is 31.3. The highest BCUT2D eigenvalue weighted by molar-refractivity contribution is 6.10. The molecule has 2 aromatic rings. The largest absolute Gasteiger partial charge is 0.503 e. The fourth-order valence-corrected chi connectivity index (χ4v) is 3.31. The molecule has 1 unspecified atom stereocenters. The number of halogens is 1. The lowest BCUT2D eigenvalue weighted by atomic mass is 9.82. The Labute approximate surface area is 163 Å². The molecule has 0 fully saturated rings. The molecule has 0 spiro atoms. The van der Waals surface area contributed by atoms with Crippen LogP contribution in [0.1, 0.15) is 37.9 Å². The van der Waals surface area contributed by atoms with Crippen LogP contribution in [-0.2, 0) is 16.0 Å². The highest BCUT2D eigenvalue weighted by Gasteiger charge is 2.45. The van der Waals surface area contributed by atoms with Gasteiger partial charge in [-0.2, -0.15) is 0 Å². The lowest BCUT2D eigenvalue weighted by molar-refractivity contribution is -0.129. The van der Waals surface area contributed by atoms with Crippen LogP contribution in [-0.4, -0.2) is 33.2 Å². The predicted molar refractivity (Wildman–Crippen MR) is 103 cm³/mol. The number of Topliss-reactive ketones (excluding diaryl/α,β-unsaturated/α-hetero) is 1. The number of benzene rings is 1. The number of hydrogen-bond acceptors (Lipinski definition) is 4. The van der Waals surface area contributed by atoms with Crippen molar-refractivity contribution >= 4 is 11.7 Å². The minimum absolute atomic E-state index is 0.114. The molecule has 146 valence electrons. The molecule has 0 aliphatic carbocycles. The van der Waals surface area contributed by atoms with Gasteiger partial charge in [0.2, 0.25) is 0 Å². The molecule has 5 nitrogen and oxygen atoms in total. The fourth-order valence-electron chi connectivity index (χ4n) is 3.31. The van der Waals surface area contributed by atoms with E-state index in [2.05, 4.69) is 4.98 Å². The Balaban J connectivity index is 1.96. The van der Waals surface area contributed by atoms with Gasteiger partial charge < -0.3 is 10.0 Å². The Kier molecular flexibility index (Phi) is 5.31. The smallest absolute Gasteiger partial charge is 0.290 e. The van der Waals surface area contributed by atoms with Crippen molar-refractivity contribution in [1.29, 1.82) is 0 Å². The van der Waals surface area contributed by atoms with Crippen molar-refractivity contribution in [3.63, 3.8) is 0 Å². The summed E-state index contributed by atoms with van der Waals surface area (Å²) in [6.07, 6.45) is 3.65. The van der Waals surface area contributed by atoms with Crippen molar-refractivity contribution < 1.29 is 19.1 Å². The quantitative estimate of drug-likeness (QED) is 0.854. The van der Waals surface area contributed by atoms with Crippen molar-refractivity contribution in [1.82, 2.24) is 9.88 Å². The third kappa shape index (κ3) is 3.81. The lowest BCUT2D eigenvalue weighted by Gasteiger charge is -2.28. The number of aromatic nitrogens is 1. The van der Waals surface area contributed by atoms with Crippen molar-refractivity contribution in [3.8, 4) is 0 Å². The van der Waals surface area contributed by atoms with Crippen LogP contribution in [0.25, 0.3) is 0 Å². The molecule has 1 N–H and O–H groups in total. The second-order valence-corrected chi connectivity index (χ2v) is 7.90. The monoisotopic (exact) mass is 382 g/mol. The first kappa shape index (κ1) is 19.7. The molecule has 0 saturated carbocycles. The zero-order valence-electron chi connectivity index (χ0n) is 16.1. The Bertz CT molecular complexity index is 915. The highest BCUT2D eigenvalue weighted by Crippen LogP contribution is 2.40. The van der Waals surface area contributed by atoms with Gasteiger partial charge >= 0.3 is 0 Å². The van der Waals surface area contributed by atoms with Crippen LogP contribution in [0.3, 0.4) is 0 Å². The van der Waals surface area contributed by atoms with E-state index >= 15 is 0 Å². The first-order valence-corrected chi connectivity index (χ1v) is 9.13. The van der Waals surface area contributed by atoms with Gasteiger partial charge in [-0.25, -0.2) is 4.39 Å². The third-order valence-corrected chi connectivity index (χ3v) is 4.81. The van der Waals surface area contributed by atoms with Crippen LogP contribution >= 0.6 is 0 Å². The van der Waals surface area contributed by atoms with Gasteiger partial charge in [0.15, 0.2) is 11.5 Å². The van der Waals surface area contributed by atoms with E-state index in [-0.39, 0.29) is 23.7 Å². The SMILES string of the molecule is CC(C)(C)C(=O)C1=C(O)C(=O)N(CCc2ccc(F)cc2)C1c1ccncc1. The molecule has 1 aromatic carbocycles. The van der Waals surface area contributed by atoms with Crippen molar-refractivity contribution in [2.75, 3.05) is 6.54 Å². The molecular weight excluding hydrogens is 359 g/mol. The Morgan fingerprint density at radius 1 is 1.14 bits per heavy atom. The van der Waals surface area contributed by atoms with E-state index in [4.69, 9.17) is 0 Å². The maximum absolute atomic E-state index is 13.1. The number of amides is 1. The fraction of sp³-hybridized carbons (Fsp3) is 0.318. The molecule has 1 amide bonds. The van der Waals surface area contributed by atoms with Crippen LogP contribution < -0.4 is 0 Å². The Morgan fingerprint density at radius 3 is 2.32 bits per heavy atom. The number of rotatable bonds is 5. The van der Waals surface area contributed by atoms with Crippen LogP contribution in [0, 0.1) is 11.2 Å². The molecule has 6 heteroatoms. The van der Waals surface area contributed by atoms with Crippen LogP contribution in [0.4, 0.5) is 4.39 Å². The molecule has 0 saturated heterocycles. The van der Waals surface area contributed by atoms with E-state index in [0.717, 1.165) is 5.56 Å². The molecule has 0 bridgehead atoms. The second-order valence-electron chi connectivity index (χ2n) is 7.90. The maximum atomic E-state index is 13.1. The molecular formula is C22H23FN2O3. The standard InChI is InChI=1S/C22H23FN2O3/c1-22(2,3)20(27)17-18(15-8-11-24-12-9-15)25(21(28)19(17)26)13-10-14-4-6-16(23)7-5-14/h4-9,11-12,18,26H,10,13H2,1-3H3. The van der Waals surface area contributed by atoms with Gasteiger partial charge in [-0.15, -0.1) is 0 Å². The summed E-state index contributed by atoms with van der Waals surface area (Å²) in [7, 11) is 0. The maximum Gasteiger partial charge on any atom is 0.290 e. The molecule has 2 heterocycles. The first-order chi connectivity index (χ1) is 13.2. The molecule has 1 atom stereocenters. The number of carbonyl (C=O) groups excluding carboxylic acids is 2. The normalized spacial score (nSPS) is 17.4. The summed E-state index contributed by atoms with van der Waals surface area (Å²) < 4.78 is 13.1. The topological polar surface area (TPSA) is 70.5 Å². The summed E-state index contributed by atoms with van der Waals surface area (Å²) >= 11 is 0. The molecule has 1 aliphatic heterocycles. The molecule has 0 radical (unpaired) electrons. The first-order valence-electron chi connectivity index (χ1n) is 9.13. The lowest BCUT2D eigenvalue weighted by Crippen LogP contribution is -2.34. The van der Waals surface area contributed by atoms with Gasteiger partial charge in [-0.05, 0) is 41.8 Å². The summed E-state index contributed by atoms with van der Waals surface area (Å²) in [6.45, 7) is 5.54. The van der Waals surface area contributed by atoms with Gasteiger partial charge in [-0.3, -0.25) is 14.6 Å². The van der Waals surface area contributed by atoms with Crippen molar-refractivity contribution in [3.05, 3.63) is 77.1 Å². The molecule has 1 aromatic heterocycles. The van der Waals surface area contributed by atoms with Gasteiger partial charge in [-0.1, -0.05) is 32.9 Å². The molecule has 3 rings (SSSR count). The number of nitrogens with zero attached hydrogens (tertiary/aromatic N) is 2. The van der Waals surface area contributed by atoms with Crippen LogP contribution in [0.2, 0.25) is 0 Å². The van der Waals surface area contributed by atoms with Crippen LogP contribution in [0.15, 0.2) is 60.1 Å². The third-order valence-electron chi connectivity index (χ3n) is 4.81. The Morgan fingerprint density at radius 2 is 1.75 bits per heavy atom. The van der Waals surface area contributed by atoms with Gasteiger partial charge in [0, 0.05) is 24.4 Å². The Hall–Kier alpha value is -3.02. The molecule has 28 heavy (non-hydrogen) atoms. The number of pyridine rings is 1.